The maximum Gasteiger partial charge on any atom is 0.413 e. The van der Waals surface area contributed by atoms with Crippen LogP contribution >= 0.6 is 11.6 Å². The molecule has 6 nitrogen and oxygen atoms in total. The normalized spacial score (nSPS) is 18.1. The van der Waals surface area contributed by atoms with Crippen LogP contribution in [0.2, 0.25) is 0 Å². The van der Waals surface area contributed by atoms with Gasteiger partial charge < -0.3 is 14.8 Å². The van der Waals surface area contributed by atoms with Crippen LogP contribution < -0.4 is 5.32 Å². The Morgan fingerprint density at radius 1 is 1.14 bits per heavy atom. The lowest BCUT2D eigenvalue weighted by molar-refractivity contribution is -0.196. The second-order valence-electron chi connectivity index (χ2n) is 5.82. The Morgan fingerprint density at radius 2 is 1.64 bits per heavy atom. The van der Waals surface area contributed by atoms with Crippen molar-refractivity contribution in [3.8, 4) is 0 Å². The van der Waals surface area contributed by atoms with Gasteiger partial charge in [0, 0.05) is 6.04 Å². The Balaban J connectivity index is 3.92. The monoisotopic (exact) mass is 434 g/mol. The minimum atomic E-state index is -5.33. The number of carbonyl (C=O) groups is 2. The van der Waals surface area contributed by atoms with Gasteiger partial charge in [-0.3, -0.25) is 4.90 Å². The summed E-state index contributed by atoms with van der Waals surface area (Å²) in [5.74, 6) is -2.77. The number of esters is 2. The highest BCUT2D eigenvalue weighted by Crippen LogP contribution is 2.43. The van der Waals surface area contributed by atoms with Crippen molar-refractivity contribution in [2.24, 2.45) is 0 Å². The molecule has 0 aromatic rings. The minimum absolute atomic E-state index is 0.201. The molecule has 0 aromatic heterocycles. The van der Waals surface area contributed by atoms with E-state index in [9.17, 15) is 31.5 Å². The highest BCUT2D eigenvalue weighted by atomic mass is 35.5. The molecule has 0 saturated carbocycles. The molecule has 0 bridgehead atoms. The van der Waals surface area contributed by atoms with Gasteiger partial charge in [-0.15, -0.1) is 0 Å². The van der Waals surface area contributed by atoms with E-state index in [-0.39, 0.29) is 13.2 Å². The zero-order chi connectivity index (χ0) is 21.8. The second kappa shape index (κ2) is 9.44. The fraction of sp³-hybridized carbons (Fsp3) is 0.625. The maximum atomic E-state index is 13.7. The summed E-state index contributed by atoms with van der Waals surface area (Å²) in [4.78, 5) is 24.1. The van der Waals surface area contributed by atoms with Gasteiger partial charge in [-0.05, 0) is 27.7 Å². The van der Waals surface area contributed by atoms with Crippen LogP contribution in [0.1, 0.15) is 27.7 Å². The predicted molar refractivity (Wildman–Crippen MR) is 89.1 cm³/mol. The van der Waals surface area contributed by atoms with Crippen LogP contribution in [0.3, 0.4) is 0 Å². The lowest BCUT2D eigenvalue weighted by atomic mass is 9.94. The third-order valence-corrected chi connectivity index (χ3v) is 3.82. The number of halogens is 6. The fourth-order valence-corrected chi connectivity index (χ4v) is 2.87. The van der Waals surface area contributed by atoms with E-state index in [0.29, 0.717) is 0 Å². The average molecular weight is 435 g/mol. The molecule has 0 amide bonds. The molecule has 0 fully saturated rings. The molecule has 1 heterocycles. The summed E-state index contributed by atoms with van der Waals surface area (Å²) in [6.07, 6.45) is -5.33. The highest BCUT2D eigenvalue weighted by molar-refractivity contribution is 6.32. The first-order valence-electron chi connectivity index (χ1n) is 8.26. The summed E-state index contributed by atoms with van der Waals surface area (Å²) in [6, 6.07) is -3.71. The molecule has 1 unspecified atom stereocenters. The molecule has 0 aromatic carbocycles. The molecule has 0 saturated heterocycles. The molecule has 1 rings (SSSR count). The Morgan fingerprint density at radius 3 is 2.04 bits per heavy atom. The Hall–Kier alpha value is -2.04. The number of ether oxygens (including phenoxy) is 2. The van der Waals surface area contributed by atoms with Gasteiger partial charge in [-0.25, -0.2) is 9.59 Å². The molecule has 12 heteroatoms. The summed E-state index contributed by atoms with van der Waals surface area (Å²) < 4.78 is 77.6. The number of nitrogens with zero attached hydrogens (tertiary/aromatic N) is 1. The quantitative estimate of drug-likeness (QED) is 0.377. The third-order valence-electron chi connectivity index (χ3n) is 3.43. The molecule has 1 aliphatic rings. The van der Waals surface area contributed by atoms with Crippen molar-refractivity contribution in [1.29, 1.82) is 0 Å². The fourth-order valence-electron chi connectivity index (χ4n) is 2.53. The number of hydrogen-bond donors (Lipinski definition) is 1. The van der Waals surface area contributed by atoms with Crippen LogP contribution in [0.4, 0.5) is 22.0 Å². The van der Waals surface area contributed by atoms with Gasteiger partial charge in [-0.2, -0.15) is 22.0 Å². The van der Waals surface area contributed by atoms with Crippen LogP contribution in [0.5, 0.6) is 0 Å². The first kappa shape index (κ1) is 24.0. The van der Waals surface area contributed by atoms with Crippen molar-refractivity contribution in [2.75, 3.05) is 13.2 Å². The van der Waals surface area contributed by atoms with Gasteiger partial charge >= 0.3 is 24.7 Å². The zero-order valence-corrected chi connectivity index (χ0v) is 16.3. The molecule has 1 N–H and O–H groups in total. The van der Waals surface area contributed by atoms with E-state index < -0.39 is 63.6 Å². The first-order valence-corrected chi connectivity index (χ1v) is 8.64. The molecule has 0 aliphatic carbocycles. The standard InChI is InChI=1S/C16H20ClF5N2O4/c1-5-27-13(25)8-10(23-7(3)4)9(14(26)28-6-2)12(17)24(15(18)19)11(8)16(20,21)22/h7,11,15,23H,5-6H2,1-4H3. The Bertz CT molecular complexity index is 676. The van der Waals surface area contributed by atoms with E-state index in [1.54, 1.807) is 0 Å². The van der Waals surface area contributed by atoms with E-state index in [4.69, 9.17) is 16.3 Å². The molecular formula is C16H20ClF5N2O4. The smallest absolute Gasteiger partial charge is 0.413 e. The molecule has 160 valence electrons. The van der Waals surface area contributed by atoms with Gasteiger partial charge in [0.2, 0.25) is 0 Å². The van der Waals surface area contributed by atoms with Crippen LogP contribution in [-0.4, -0.2) is 54.9 Å². The van der Waals surface area contributed by atoms with Crippen molar-refractivity contribution in [1.82, 2.24) is 10.2 Å². The topological polar surface area (TPSA) is 67.9 Å². The Labute approximate surface area is 163 Å². The van der Waals surface area contributed by atoms with E-state index in [0.717, 1.165) is 0 Å². The molecular weight excluding hydrogens is 415 g/mol. The largest absolute Gasteiger partial charge is 0.463 e. The highest BCUT2D eigenvalue weighted by Gasteiger charge is 2.56. The lowest BCUT2D eigenvalue weighted by Crippen LogP contribution is -2.54. The van der Waals surface area contributed by atoms with Crippen LogP contribution in [-0.2, 0) is 19.1 Å². The van der Waals surface area contributed by atoms with Gasteiger partial charge in [0.05, 0.1) is 24.5 Å². The van der Waals surface area contributed by atoms with Crippen LogP contribution in [0.15, 0.2) is 22.0 Å². The van der Waals surface area contributed by atoms with Crippen molar-refractivity contribution in [3.05, 3.63) is 22.0 Å². The van der Waals surface area contributed by atoms with Crippen molar-refractivity contribution >= 4 is 23.5 Å². The maximum absolute atomic E-state index is 13.7. The van der Waals surface area contributed by atoms with E-state index in [1.165, 1.54) is 27.7 Å². The number of hydrogen-bond acceptors (Lipinski definition) is 6. The van der Waals surface area contributed by atoms with Crippen molar-refractivity contribution in [2.45, 2.75) is 52.5 Å². The third kappa shape index (κ3) is 5.06. The number of alkyl halides is 5. The van der Waals surface area contributed by atoms with Crippen LogP contribution in [0.25, 0.3) is 0 Å². The summed E-state index contributed by atoms with van der Waals surface area (Å²) >= 11 is 5.80. The van der Waals surface area contributed by atoms with E-state index >= 15 is 0 Å². The number of rotatable bonds is 7. The Kier molecular flexibility index (Phi) is 8.09. The van der Waals surface area contributed by atoms with Crippen molar-refractivity contribution in [3.63, 3.8) is 0 Å². The van der Waals surface area contributed by atoms with Gasteiger partial charge in [0.1, 0.15) is 10.7 Å². The summed E-state index contributed by atoms with van der Waals surface area (Å²) in [6.45, 7) is 1.47. The van der Waals surface area contributed by atoms with Gasteiger partial charge in [0.15, 0.2) is 6.04 Å². The minimum Gasteiger partial charge on any atom is -0.463 e. The zero-order valence-electron chi connectivity index (χ0n) is 15.5. The lowest BCUT2D eigenvalue weighted by Gasteiger charge is -2.39. The summed E-state index contributed by atoms with van der Waals surface area (Å²) in [5, 5.41) is 1.33. The second-order valence-corrected chi connectivity index (χ2v) is 6.18. The van der Waals surface area contributed by atoms with Crippen LogP contribution in [0, 0.1) is 0 Å². The molecule has 1 atom stereocenters. The average Bonchev–Trinajstić information content (AvgIpc) is 2.52. The number of carbonyl (C=O) groups excluding carboxylic acids is 2. The van der Waals surface area contributed by atoms with Gasteiger partial charge in [-0.1, -0.05) is 11.6 Å². The number of nitrogens with one attached hydrogen (secondary N) is 1. The predicted octanol–water partition coefficient (Wildman–Crippen LogP) is 3.28. The van der Waals surface area contributed by atoms with E-state index in [2.05, 4.69) is 10.1 Å². The molecule has 1 aliphatic heterocycles. The first-order chi connectivity index (χ1) is 12.9. The molecule has 28 heavy (non-hydrogen) atoms. The van der Waals surface area contributed by atoms with Crippen molar-refractivity contribution < 1.29 is 41.0 Å². The van der Waals surface area contributed by atoms with Gasteiger partial charge in [0.25, 0.3) is 0 Å². The molecule has 0 spiro atoms. The SMILES string of the molecule is CCOC(=O)C1=C(Cl)N(C(F)F)C(C(F)(F)F)C(C(=O)OCC)=C1NC(C)C. The summed E-state index contributed by atoms with van der Waals surface area (Å²) in [7, 11) is 0. The molecule has 0 radical (unpaired) electrons. The summed E-state index contributed by atoms with van der Waals surface area (Å²) in [5.41, 5.74) is -2.66. The van der Waals surface area contributed by atoms with E-state index in [1.807, 2.05) is 0 Å².